The molecular formula is C16H23BrO3. The summed E-state index contributed by atoms with van der Waals surface area (Å²) in [5.74, 6) is 0.407. The van der Waals surface area contributed by atoms with Crippen LogP contribution in [0.1, 0.15) is 40.0 Å². The second-order valence-corrected chi connectivity index (χ2v) is 7.86. The van der Waals surface area contributed by atoms with E-state index in [1.54, 1.807) is 0 Å². The first-order valence-electron chi connectivity index (χ1n) is 7.59. The van der Waals surface area contributed by atoms with Crippen LogP contribution in [0, 0.1) is 17.3 Å². The van der Waals surface area contributed by atoms with Gasteiger partial charge in [-0.1, -0.05) is 36.7 Å². The van der Waals surface area contributed by atoms with Crippen molar-refractivity contribution in [2.75, 3.05) is 13.2 Å². The fourth-order valence-electron chi connectivity index (χ4n) is 4.40. The summed E-state index contributed by atoms with van der Waals surface area (Å²) in [4.78, 5) is 12.7. The Morgan fingerprint density at radius 3 is 2.55 bits per heavy atom. The Balaban J connectivity index is 2.07. The number of allylic oxidation sites excluding steroid dienone is 1. The fraction of sp³-hybridized carbons (Fsp3) is 0.812. The summed E-state index contributed by atoms with van der Waals surface area (Å²) in [6, 6.07) is 0. The maximum atomic E-state index is 12.7. The van der Waals surface area contributed by atoms with Crippen molar-refractivity contribution >= 4 is 21.7 Å². The van der Waals surface area contributed by atoms with E-state index in [0.717, 1.165) is 24.8 Å². The normalized spacial score (nSPS) is 40.0. The average Bonchev–Trinajstić information content (AvgIpc) is 2.84. The minimum atomic E-state index is -0.638. The van der Waals surface area contributed by atoms with Gasteiger partial charge in [-0.25, -0.2) is 0 Å². The lowest BCUT2D eigenvalue weighted by molar-refractivity contribution is -0.124. The second kappa shape index (κ2) is 4.92. The lowest BCUT2D eigenvalue weighted by Crippen LogP contribution is -2.30. The zero-order chi connectivity index (χ0) is 14.5. The highest BCUT2D eigenvalue weighted by molar-refractivity contribution is 9.10. The topological polar surface area (TPSA) is 35.5 Å². The van der Waals surface area contributed by atoms with Gasteiger partial charge in [-0.15, -0.1) is 0 Å². The third-order valence-corrected chi connectivity index (χ3v) is 6.25. The van der Waals surface area contributed by atoms with Crippen LogP contribution >= 0.6 is 15.9 Å². The van der Waals surface area contributed by atoms with Crippen LogP contribution in [0.15, 0.2) is 11.6 Å². The molecule has 0 aromatic heterocycles. The van der Waals surface area contributed by atoms with Gasteiger partial charge in [0.25, 0.3) is 0 Å². The number of rotatable bonds is 1. The SMILES string of the molecule is CC(C)[C@H]1[C@@H](Br)C(=O)C2=CC3(CCC[C@@]21C)OCCO3. The van der Waals surface area contributed by atoms with Crippen LogP contribution in [0.4, 0.5) is 0 Å². The molecule has 0 bridgehead atoms. The zero-order valence-corrected chi connectivity index (χ0v) is 14.0. The minimum absolute atomic E-state index is 0.0573. The van der Waals surface area contributed by atoms with Crippen molar-refractivity contribution in [1.29, 1.82) is 0 Å². The summed E-state index contributed by atoms with van der Waals surface area (Å²) in [6.45, 7) is 7.92. The van der Waals surface area contributed by atoms with Crippen LogP contribution in [0.2, 0.25) is 0 Å². The fourth-order valence-corrected chi connectivity index (χ4v) is 5.84. The molecule has 0 radical (unpaired) electrons. The quantitative estimate of drug-likeness (QED) is 0.684. The van der Waals surface area contributed by atoms with Crippen molar-refractivity contribution in [2.45, 2.75) is 50.6 Å². The molecule has 1 spiro atoms. The zero-order valence-electron chi connectivity index (χ0n) is 12.4. The number of ketones is 1. The minimum Gasteiger partial charge on any atom is -0.344 e. The van der Waals surface area contributed by atoms with Crippen LogP contribution in [-0.2, 0) is 14.3 Å². The summed E-state index contributed by atoms with van der Waals surface area (Å²) >= 11 is 3.65. The predicted octanol–water partition coefficient (Wildman–Crippen LogP) is 3.46. The number of fused-ring (bicyclic) bond motifs is 1. The Hall–Kier alpha value is -0.190. The maximum absolute atomic E-state index is 12.7. The molecule has 1 saturated carbocycles. The molecule has 3 atom stereocenters. The molecule has 1 heterocycles. The Kier molecular flexibility index (Phi) is 3.63. The number of hydrogen-bond donors (Lipinski definition) is 0. The van der Waals surface area contributed by atoms with E-state index in [4.69, 9.17) is 9.47 Å². The maximum Gasteiger partial charge on any atom is 0.188 e. The Bertz CT molecular complexity index is 451. The number of alkyl halides is 1. The molecule has 112 valence electrons. The first-order valence-corrected chi connectivity index (χ1v) is 8.51. The molecule has 3 nitrogen and oxygen atoms in total. The smallest absolute Gasteiger partial charge is 0.188 e. The lowest BCUT2D eigenvalue weighted by atomic mass is 9.70. The number of ether oxygens (including phenoxy) is 2. The molecule has 1 aliphatic heterocycles. The van der Waals surface area contributed by atoms with Gasteiger partial charge in [0.1, 0.15) is 0 Å². The standard InChI is InChI=1S/C16H23BrO3/c1-10(2)12-13(17)14(18)11-9-16(19-7-8-20-16)6-4-5-15(11,12)3/h9-10,12-13H,4-8H2,1-3H3/t12-,13+,15-/m0/s1. The van der Waals surface area contributed by atoms with Crippen LogP contribution < -0.4 is 0 Å². The molecule has 3 rings (SSSR count). The molecule has 1 saturated heterocycles. The van der Waals surface area contributed by atoms with Crippen molar-refractivity contribution in [2.24, 2.45) is 17.3 Å². The predicted molar refractivity (Wildman–Crippen MR) is 80.7 cm³/mol. The van der Waals surface area contributed by atoms with Crippen molar-refractivity contribution in [3.05, 3.63) is 11.6 Å². The molecule has 0 aromatic rings. The van der Waals surface area contributed by atoms with E-state index < -0.39 is 5.79 Å². The molecule has 20 heavy (non-hydrogen) atoms. The van der Waals surface area contributed by atoms with Crippen molar-refractivity contribution in [1.82, 2.24) is 0 Å². The van der Waals surface area contributed by atoms with Crippen LogP contribution in [0.3, 0.4) is 0 Å². The summed E-state index contributed by atoms with van der Waals surface area (Å²) in [5.41, 5.74) is 0.871. The van der Waals surface area contributed by atoms with Gasteiger partial charge in [-0.2, -0.15) is 0 Å². The number of carbonyl (C=O) groups is 1. The summed E-state index contributed by atoms with van der Waals surface area (Å²) in [5, 5.41) is 0. The molecule has 2 aliphatic carbocycles. The first-order chi connectivity index (χ1) is 9.40. The molecule has 4 heteroatoms. The van der Waals surface area contributed by atoms with Crippen molar-refractivity contribution in [3.8, 4) is 0 Å². The van der Waals surface area contributed by atoms with Gasteiger partial charge in [0, 0.05) is 17.4 Å². The van der Waals surface area contributed by atoms with E-state index in [0.29, 0.717) is 25.0 Å². The molecule has 0 aromatic carbocycles. The third-order valence-electron chi connectivity index (χ3n) is 5.26. The molecule has 3 aliphatic rings. The lowest BCUT2D eigenvalue weighted by Gasteiger charge is -2.35. The summed E-state index contributed by atoms with van der Waals surface area (Å²) < 4.78 is 11.7. The van der Waals surface area contributed by atoms with E-state index in [1.807, 2.05) is 6.08 Å². The van der Waals surface area contributed by atoms with Gasteiger partial charge in [-0.3, -0.25) is 4.79 Å². The largest absolute Gasteiger partial charge is 0.344 e. The molecule has 0 unspecified atom stereocenters. The van der Waals surface area contributed by atoms with Crippen molar-refractivity contribution < 1.29 is 14.3 Å². The Morgan fingerprint density at radius 2 is 1.95 bits per heavy atom. The van der Waals surface area contributed by atoms with Gasteiger partial charge in [0.15, 0.2) is 11.6 Å². The highest BCUT2D eigenvalue weighted by Gasteiger charge is 2.56. The first kappa shape index (κ1) is 14.7. The average molecular weight is 343 g/mol. The monoisotopic (exact) mass is 342 g/mol. The summed E-state index contributed by atoms with van der Waals surface area (Å²) in [7, 11) is 0. The highest BCUT2D eigenvalue weighted by Crippen LogP contribution is 2.56. The van der Waals surface area contributed by atoms with Crippen molar-refractivity contribution in [3.63, 3.8) is 0 Å². The Labute approximate surface area is 129 Å². The van der Waals surface area contributed by atoms with Gasteiger partial charge in [0.05, 0.1) is 18.0 Å². The van der Waals surface area contributed by atoms with Gasteiger partial charge >= 0.3 is 0 Å². The molecule has 0 amide bonds. The number of Topliss-reactive ketones (excluding diaryl/α,β-unsaturated/α-hetero) is 1. The van der Waals surface area contributed by atoms with Crippen LogP contribution in [0.25, 0.3) is 0 Å². The molecule has 2 fully saturated rings. The van der Waals surface area contributed by atoms with E-state index in [-0.39, 0.29) is 16.0 Å². The van der Waals surface area contributed by atoms with E-state index in [2.05, 4.69) is 36.7 Å². The van der Waals surface area contributed by atoms with Gasteiger partial charge in [0.2, 0.25) is 0 Å². The van der Waals surface area contributed by atoms with E-state index in [1.165, 1.54) is 0 Å². The van der Waals surface area contributed by atoms with Crippen LogP contribution in [0.5, 0.6) is 0 Å². The van der Waals surface area contributed by atoms with Gasteiger partial charge in [-0.05, 0) is 30.8 Å². The Morgan fingerprint density at radius 1 is 1.30 bits per heavy atom. The molecule has 0 N–H and O–H groups in total. The number of carbonyl (C=O) groups excluding carboxylic acids is 1. The van der Waals surface area contributed by atoms with E-state index >= 15 is 0 Å². The van der Waals surface area contributed by atoms with Crippen LogP contribution in [-0.4, -0.2) is 29.6 Å². The number of halogens is 1. The number of hydrogen-bond acceptors (Lipinski definition) is 3. The van der Waals surface area contributed by atoms with Gasteiger partial charge < -0.3 is 9.47 Å². The second-order valence-electron chi connectivity index (χ2n) is 6.87. The third kappa shape index (κ3) is 2.03. The van der Waals surface area contributed by atoms with E-state index in [9.17, 15) is 4.79 Å². The highest BCUT2D eigenvalue weighted by atomic mass is 79.9. The molecular weight excluding hydrogens is 320 g/mol. The summed E-state index contributed by atoms with van der Waals surface area (Å²) in [6.07, 6.45) is 4.93.